The van der Waals surface area contributed by atoms with Crippen LogP contribution in [0.5, 0.6) is 0 Å². The highest BCUT2D eigenvalue weighted by Crippen LogP contribution is 2.26. The summed E-state index contributed by atoms with van der Waals surface area (Å²) in [5.41, 5.74) is 9.53. The molecule has 4 nitrogen and oxygen atoms in total. The molecule has 0 radical (unpaired) electrons. The van der Waals surface area contributed by atoms with Crippen LogP contribution in [0.15, 0.2) is 0 Å². The summed E-state index contributed by atoms with van der Waals surface area (Å²) in [5.74, 6) is 0.406. The van der Waals surface area contributed by atoms with Gasteiger partial charge < -0.3 is 11.1 Å². The summed E-state index contributed by atoms with van der Waals surface area (Å²) in [7, 11) is 0. The normalized spacial score (nSPS) is 22.6. The summed E-state index contributed by atoms with van der Waals surface area (Å²) in [5, 5.41) is 8.07. The van der Waals surface area contributed by atoms with E-state index >= 15 is 0 Å². The minimum absolute atomic E-state index is 0.406. The maximum atomic E-state index is 5.76. The summed E-state index contributed by atoms with van der Waals surface area (Å²) >= 11 is 0. The van der Waals surface area contributed by atoms with Gasteiger partial charge in [0.05, 0.1) is 11.7 Å². The Hall–Kier alpha value is -0.870. The summed E-state index contributed by atoms with van der Waals surface area (Å²) < 4.78 is 2.19. The van der Waals surface area contributed by atoms with E-state index in [2.05, 4.69) is 35.9 Å². The maximum absolute atomic E-state index is 5.76. The molecule has 90 valence electrons. The Kier molecular flexibility index (Phi) is 3.30. The number of hydrogen-bond acceptors (Lipinski definition) is 3. The molecule has 0 aliphatic carbocycles. The van der Waals surface area contributed by atoms with Crippen LogP contribution in [0.1, 0.15) is 42.3 Å². The number of aryl methyl sites for hydroxylation is 1. The van der Waals surface area contributed by atoms with Gasteiger partial charge in [0.2, 0.25) is 0 Å². The predicted octanol–water partition coefficient (Wildman–Crippen LogP) is 1.10. The van der Waals surface area contributed by atoms with Crippen molar-refractivity contribution in [2.45, 2.75) is 39.2 Å². The molecule has 2 atom stereocenters. The molecule has 0 spiro atoms. The van der Waals surface area contributed by atoms with E-state index in [1.807, 2.05) is 0 Å². The first-order chi connectivity index (χ1) is 7.65. The standard InChI is InChI=1S/C12H22N4/c1-8(6-13)12-9(2)15-16(10(12)3)11-4-5-14-7-11/h8,11,14H,4-7,13H2,1-3H3. The lowest BCUT2D eigenvalue weighted by atomic mass is 9.99. The quantitative estimate of drug-likeness (QED) is 0.805. The van der Waals surface area contributed by atoms with E-state index in [4.69, 9.17) is 5.73 Å². The highest BCUT2D eigenvalue weighted by atomic mass is 15.3. The lowest BCUT2D eigenvalue weighted by Crippen LogP contribution is -2.16. The molecule has 0 saturated carbocycles. The van der Waals surface area contributed by atoms with Crippen molar-refractivity contribution in [3.63, 3.8) is 0 Å². The van der Waals surface area contributed by atoms with Gasteiger partial charge in [-0.05, 0) is 39.3 Å². The number of nitrogens with zero attached hydrogens (tertiary/aromatic N) is 2. The molecule has 16 heavy (non-hydrogen) atoms. The van der Waals surface area contributed by atoms with Crippen LogP contribution in [0.4, 0.5) is 0 Å². The van der Waals surface area contributed by atoms with E-state index in [1.165, 1.54) is 17.7 Å². The Morgan fingerprint density at radius 2 is 2.31 bits per heavy atom. The maximum Gasteiger partial charge on any atom is 0.0658 e. The molecule has 1 aromatic rings. The van der Waals surface area contributed by atoms with Crippen molar-refractivity contribution in [2.24, 2.45) is 5.73 Å². The van der Waals surface area contributed by atoms with Crippen molar-refractivity contribution < 1.29 is 0 Å². The third-order valence-electron chi connectivity index (χ3n) is 3.61. The van der Waals surface area contributed by atoms with E-state index < -0.39 is 0 Å². The first-order valence-electron chi connectivity index (χ1n) is 6.11. The Labute approximate surface area is 97.2 Å². The Morgan fingerprint density at radius 1 is 1.56 bits per heavy atom. The van der Waals surface area contributed by atoms with E-state index in [9.17, 15) is 0 Å². The average Bonchev–Trinajstić information content (AvgIpc) is 2.86. The average molecular weight is 222 g/mol. The highest BCUT2D eigenvalue weighted by Gasteiger charge is 2.23. The van der Waals surface area contributed by atoms with Gasteiger partial charge in [0, 0.05) is 17.8 Å². The molecule has 1 aliphatic rings. The number of nitrogens with two attached hydrogens (primary N) is 1. The molecule has 1 saturated heterocycles. The molecule has 1 aliphatic heterocycles. The molecule has 3 N–H and O–H groups in total. The van der Waals surface area contributed by atoms with Crippen molar-refractivity contribution >= 4 is 0 Å². The van der Waals surface area contributed by atoms with E-state index in [0.29, 0.717) is 18.5 Å². The van der Waals surface area contributed by atoms with E-state index in [1.54, 1.807) is 0 Å². The Bertz CT molecular complexity index is 363. The van der Waals surface area contributed by atoms with Crippen LogP contribution in [-0.2, 0) is 0 Å². The van der Waals surface area contributed by atoms with E-state index in [0.717, 1.165) is 18.8 Å². The lowest BCUT2D eigenvalue weighted by Gasteiger charge is -2.13. The molecule has 2 heterocycles. The highest BCUT2D eigenvalue weighted by molar-refractivity contribution is 5.29. The molecule has 0 aromatic carbocycles. The zero-order valence-corrected chi connectivity index (χ0v) is 10.5. The van der Waals surface area contributed by atoms with Gasteiger partial charge in [0.15, 0.2) is 0 Å². The second kappa shape index (κ2) is 4.55. The number of hydrogen-bond donors (Lipinski definition) is 2. The van der Waals surface area contributed by atoms with Gasteiger partial charge in [-0.25, -0.2) is 0 Å². The monoisotopic (exact) mass is 222 g/mol. The second-order valence-electron chi connectivity index (χ2n) is 4.81. The SMILES string of the molecule is Cc1nn(C2CCNC2)c(C)c1C(C)CN. The Balaban J connectivity index is 2.33. The van der Waals surface area contributed by atoms with Gasteiger partial charge in [-0.1, -0.05) is 6.92 Å². The van der Waals surface area contributed by atoms with Gasteiger partial charge >= 0.3 is 0 Å². The molecule has 2 rings (SSSR count). The van der Waals surface area contributed by atoms with Crippen LogP contribution in [-0.4, -0.2) is 29.4 Å². The second-order valence-corrected chi connectivity index (χ2v) is 4.81. The summed E-state index contributed by atoms with van der Waals surface area (Å²) in [6.45, 7) is 9.26. The summed E-state index contributed by atoms with van der Waals surface area (Å²) in [4.78, 5) is 0. The third kappa shape index (κ3) is 1.87. The van der Waals surface area contributed by atoms with Crippen LogP contribution in [0, 0.1) is 13.8 Å². The topological polar surface area (TPSA) is 55.9 Å². The fourth-order valence-electron chi connectivity index (χ4n) is 2.71. The van der Waals surface area contributed by atoms with Gasteiger partial charge in [0.1, 0.15) is 0 Å². The molecule has 4 heteroatoms. The number of nitrogens with one attached hydrogen (secondary N) is 1. The van der Waals surface area contributed by atoms with Crippen molar-refractivity contribution in [1.29, 1.82) is 0 Å². The number of aromatic nitrogens is 2. The van der Waals surface area contributed by atoms with Crippen LogP contribution < -0.4 is 11.1 Å². The van der Waals surface area contributed by atoms with Gasteiger partial charge in [-0.3, -0.25) is 4.68 Å². The van der Waals surface area contributed by atoms with Crippen molar-refractivity contribution in [2.75, 3.05) is 19.6 Å². The first kappa shape index (κ1) is 11.6. The molecule has 0 bridgehead atoms. The largest absolute Gasteiger partial charge is 0.330 e. The molecule has 1 aromatic heterocycles. The summed E-state index contributed by atoms with van der Waals surface area (Å²) in [6, 6.07) is 0.525. The minimum Gasteiger partial charge on any atom is -0.330 e. The third-order valence-corrected chi connectivity index (χ3v) is 3.61. The zero-order chi connectivity index (χ0) is 11.7. The molecule has 0 amide bonds. The van der Waals surface area contributed by atoms with Gasteiger partial charge in [0.25, 0.3) is 0 Å². The van der Waals surface area contributed by atoms with Crippen LogP contribution in [0.3, 0.4) is 0 Å². The minimum atomic E-state index is 0.406. The van der Waals surface area contributed by atoms with Crippen LogP contribution in [0.25, 0.3) is 0 Å². The van der Waals surface area contributed by atoms with Crippen molar-refractivity contribution in [3.05, 3.63) is 17.0 Å². The fraction of sp³-hybridized carbons (Fsp3) is 0.750. The van der Waals surface area contributed by atoms with Crippen molar-refractivity contribution in [3.8, 4) is 0 Å². The molecule has 2 unspecified atom stereocenters. The fourth-order valence-corrected chi connectivity index (χ4v) is 2.71. The predicted molar refractivity (Wildman–Crippen MR) is 65.7 cm³/mol. The zero-order valence-electron chi connectivity index (χ0n) is 10.5. The number of rotatable bonds is 3. The molecular formula is C12H22N4. The first-order valence-corrected chi connectivity index (χ1v) is 6.11. The molecular weight excluding hydrogens is 200 g/mol. The van der Waals surface area contributed by atoms with Crippen molar-refractivity contribution in [1.82, 2.24) is 15.1 Å². The smallest absolute Gasteiger partial charge is 0.0658 e. The van der Waals surface area contributed by atoms with E-state index in [-0.39, 0.29) is 0 Å². The van der Waals surface area contributed by atoms with Gasteiger partial charge in [-0.15, -0.1) is 0 Å². The molecule has 1 fully saturated rings. The Morgan fingerprint density at radius 3 is 2.88 bits per heavy atom. The van der Waals surface area contributed by atoms with Crippen LogP contribution in [0.2, 0.25) is 0 Å². The van der Waals surface area contributed by atoms with Crippen LogP contribution >= 0.6 is 0 Å². The van der Waals surface area contributed by atoms with Gasteiger partial charge in [-0.2, -0.15) is 5.10 Å². The summed E-state index contributed by atoms with van der Waals surface area (Å²) in [6.07, 6.45) is 1.18. The lowest BCUT2D eigenvalue weighted by molar-refractivity contribution is 0.476.